The lowest BCUT2D eigenvalue weighted by Crippen LogP contribution is -2.35. The van der Waals surface area contributed by atoms with Crippen LogP contribution in [0.4, 0.5) is 0 Å². The Bertz CT molecular complexity index is 1740. The molecule has 2 atom stereocenters. The lowest BCUT2D eigenvalue weighted by molar-refractivity contribution is -0.120. The van der Waals surface area contributed by atoms with Gasteiger partial charge in [-0.15, -0.1) is 0 Å². The average molecular weight is 699 g/mol. The number of phenols is 2. The number of aldehydes is 1. The van der Waals surface area contributed by atoms with Crippen LogP contribution in [-0.2, 0) is 61.7 Å². The van der Waals surface area contributed by atoms with E-state index in [0.29, 0.717) is 30.5 Å². The van der Waals surface area contributed by atoms with Crippen molar-refractivity contribution >= 4 is 12.7 Å². The molecule has 2 unspecified atom stereocenters. The Kier molecular flexibility index (Phi) is 15.2. The van der Waals surface area contributed by atoms with E-state index in [9.17, 15) is 30.0 Å². The van der Waals surface area contributed by atoms with E-state index >= 15 is 0 Å². The van der Waals surface area contributed by atoms with Gasteiger partial charge >= 0.3 is 0 Å². The largest absolute Gasteiger partial charge is 0.508 e. The van der Waals surface area contributed by atoms with Crippen LogP contribution in [0.15, 0.2) is 72.8 Å². The van der Waals surface area contributed by atoms with Gasteiger partial charge in [-0.25, -0.2) is 0 Å². The van der Waals surface area contributed by atoms with E-state index in [-0.39, 0.29) is 50.0 Å². The Morgan fingerprint density at radius 3 is 1.73 bits per heavy atom. The molecule has 4 aromatic carbocycles. The predicted molar refractivity (Wildman–Crippen MR) is 195 cm³/mol. The van der Waals surface area contributed by atoms with Crippen molar-refractivity contribution in [2.45, 2.75) is 84.0 Å². The van der Waals surface area contributed by atoms with Crippen LogP contribution in [-0.4, -0.2) is 61.3 Å². The molecule has 0 aromatic heterocycles. The number of benzene rings is 4. The van der Waals surface area contributed by atoms with Crippen molar-refractivity contribution in [1.82, 2.24) is 10.2 Å². The molecule has 1 amide bonds. The summed E-state index contributed by atoms with van der Waals surface area (Å²) in [6.07, 6.45) is 6.59. The first-order chi connectivity index (χ1) is 24.8. The maximum atomic E-state index is 11.5. The first-order valence-electron chi connectivity index (χ1n) is 17.4. The van der Waals surface area contributed by atoms with Gasteiger partial charge in [-0.05, 0) is 95.3 Å². The number of aromatic hydroxyl groups is 2. The Hall–Kier alpha value is -4.58. The SMILES string of the molecule is CCCC=O.O=CN1CCc2cc(CO)ccc2C1Cc1ccc(CO)c(O)c1.OCc1ccc2c(c1)CCNC2Cc1ccc(CO)c(O)c1. The highest BCUT2D eigenvalue weighted by atomic mass is 16.3. The Balaban J connectivity index is 0.000000203. The van der Waals surface area contributed by atoms with Crippen LogP contribution >= 0.6 is 0 Å². The minimum absolute atomic E-state index is 0.00579. The Morgan fingerprint density at radius 2 is 1.24 bits per heavy atom. The summed E-state index contributed by atoms with van der Waals surface area (Å²) in [5, 5.41) is 60.2. The van der Waals surface area contributed by atoms with Crippen molar-refractivity contribution in [2.24, 2.45) is 0 Å². The molecule has 7 N–H and O–H groups in total. The molecule has 0 fully saturated rings. The van der Waals surface area contributed by atoms with Gasteiger partial charge in [-0.2, -0.15) is 0 Å². The number of aliphatic hydroxyl groups excluding tert-OH is 4. The second-order valence-corrected chi connectivity index (χ2v) is 12.9. The Morgan fingerprint density at radius 1 is 0.686 bits per heavy atom. The van der Waals surface area contributed by atoms with E-state index in [1.54, 1.807) is 29.2 Å². The number of nitrogens with zero attached hydrogens (tertiary/aromatic N) is 1. The summed E-state index contributed by atoms with van der Waals surface area (Å²) < 4.78 is 0. The van der Waals surface area contributed by atoms with Gasteiger partial charge in [0.05, 0.1) is 32.5 Å². The number of aliphatic hydroxyl groups is 4. The third kappa shape index (κ3) is 10.5. The van der Waals surface area contributed by atoms with Gasteiger partial charge in [-0.1, -0.05) is 67.6 Å². The number of rotatable bonds is 11. The maximum absolute atomic E-state index is 11.5. The molecule has 0 radical (unpaired) electrons. The molecular weight excluding hydrogens is 648 g/mol. The van der Waals surface area contributed by atoms with E-state index in [1.807, 2.05) is 43.3 Å². The van der Waals surface area contributed by atoms with Crippen molar-refractivity contribution in [3.8, 4) is 11.5 Å². The van der Waals surface area contributed by atoms with E-state index in [1.165, 1.54) is 11.1 Å². The summed E-state index contributed by atoms with van der Waals surface area (Å²) in [7, 11) is 0. The third-order valence-corrected chi connectivity index (χ3v) is 9.39. The molecule has 6 rings (SSSR count). The van der Waals surface area contributed by atoms with Crippen LogP contribution < -0.4 is 5.32 Å². The molecule has 10 nitrogen and oxygen atoms in total. The molecule has 2 aliphatic heterocycles. The summed E-state index contributed by atoms with van der Waals surface area (Å²) in [5.41, 5.74) is 9.57. The van der Waals surface area contributed by atoms with Gasteiger partial charge in [0, 0.05) is 30.1 Å². The fraction of sp³-hybridized carbons (Fsp3) is 0.366. The van der Waals surface area contributed by atoms with Gasteiger partial charge < -0.3 is 45.7 Å². The zero-order valence-corrected chi connectivity index (χ0v) is 29.2. The number of nitrogens with one attached hydrogen (secondary N) is 1. The summed E-state index contributed by atoms with van der Waals surface area (Å²) >= 11 is 0. The lowest BCUT2D eigenvalue weighted by Gasteiger charge is -2.35. The normalized spacial score (nSPS) is 16.1. The number of amides is 1. The topological polar surface area (TPSA) is 171 Å². The lowest BCUT2D eigenvalue weighted by atomic mass is 9.88. The average Bonchev–Trinajstić information content (AvgIpc) is 3.15. The molecule has 0 saturated carbocycles. The standard InChI is InChI=1S/C19H21NO4.C18H21NO3.C4H8O/c21-10-14-2-4-17-15(7-14)5-6-20(12-23)18(17)8-13-1-3-16(11-22)19(24)9-13;20-10-13-2-4-16-14(7-13)5-6-19-17(16)8-12-1-3-15(11-21)18(22)9-12;1-2-3-4-5/h1-4,7,9,12,18,21-22,24H,5-6,8,10-11H2;1-4,7,9,17,19-22H,5-6,8,10-11H2;4H,2-3H2,1H3. The monoisotopic (exact) mass is 698 g/mol. The number of carbonyl (C=O) groups is 2. The van der Waals surface area contributed by atoms with Gasteiger partial charge in [0.15, 0.2) is 0 Å². The highest BCUT2D eigenvalue weighted by molar-refractivity contribution is 5.52. The van der Waals surface area contributed by atoms with Crippen LogP contribution in [0.1, 0.15) is 87.5 Å². The first kappa shape index (κ1) is 39.2. The van der Waals surface area contributed by atoms with E-state index < -0.39 is 0 Å². The quantitative estimate of drug-likeness (QED) is 0.112. The number of hydrogen-bond donors (Lipinski definition) is 7. The summed E-state index contributed by atoms with van der Waals surface area (Å²) in [5.74, 6) is 0.214. The zero-order valence-electron chi connectivity index (χ0n) is 29.2. The van der Waals surface area contributed by atoms with Crippen LogP contribution in [0.3, 0.4) is 0 Å². The van der Waals surface area contributed by atoms with Crippen molar-refractivity contribution in [3.63, 3.8) is 0 Å². The minimum Gasteiger partial charge on any atom is -0.508 e. The third-order valence-electron chi connectivity index (χ3n) is 9.39. The second kappa shape index (κ2) is 19.7. The van der Waals surface area contributed by atoms with Gasteiger partial charge in [0.1, 0.15) is 17.8 Å². The number of hydrogen-bond acceptors (Lipinski definition) is 9. The Labute approximate surface area is 299 Å². The molecule has 4 aromatic rings. The van der Waals surface area contributed by atoms with Crippen LogP contribution in [0.25, 0.3) is 0 Å². The van der Waals surface area contributed by atoms with E-state index in [0.717, 1.165) is 78.3 Å². The van der Waals surface area contributed by atoms with Gasteiger partial charge in [0.25, 0.3) is 0 Å². The van der Waals surface area contributed by atoms with Crippen molar-refractivity contribution < 1.29 is 40.2 Å². The summed E-state index contributed by atoms with van der Waals surface area (Å²) in [6.45, 7) is 3.25. The fourth-order valence-electron chi connectivity index (χ4n) is 6.54. The van der Waals surface area contributed by atoms with E-state index in [4.69, 9.17) is 10.2 Å². The molecule has 2 aliphatic rings. The number of fused-ring (bicyclic) bond motifs is 2. The van der Waals surface area contributed by atoms with Crippen LogP contribution in [0.5, 0.6) is 11.5 Å². The van der Waals surface area contributed by atoms with Crippen molar-refractivity contribution in [1.29, 1.82) is 0 Å². The van der Waals surface area contributed by atoms with Crippen LogP contribution in [0, 0.1) is 0 Å². The molecule has 0 aliphatic carbocycles. The fourth-order valence-corrected chi connectivity index (χ4v) is 6.54. The summed E-state index contributed by atoms with van der Waals surface area (Å²) in [4.78, 5) is 22.6. The van der Waals surface area contributed by atoms with Gasteiger partial charge in [-0.3, -0.25) is 4.79 Å². The molecule has 0 spiro atoms. The molecule has 51 heavy (non-hydrogen) atoms. The smallest absolute Gasteiger partial charge is 0.210 e. The molecule has 272 valence electrons. The summed E-state index contributed by atoms with van der Waals surface area (Å²) in [6, 6.07) is 22.7. The molecule has 0 bridgehead atoms. The van der Waals surface area contributed by atoms with E-state index in [2.05, 4.69) is 17.4 Å². The number of carbonyl (C=O) groups excluding carboxylic acids is 2. The first-order valence-corrected chi connectivity index (χ1v) is 17.4. The highest BCUT2D eigenvalue weighted by Gasteiger charge is 2.27. The van der Waals surface area contributed by atoms with Crippen molar-refractivity contribution in [3.05, 3.63) is 128 Å². The number of unbranched alkanes of at least 4 members (excludes halogenated alkanes) is 1. The molecule has 0 saturated heterocycles. The zero-order chi connectivity index (χ0) is 36.8. The molecule has 10 heteroatoms. The van der Waals surface area contributed by atoms with Crippen molar-refractivity contribution in [2.75, 3.05) is 13.1 Å². The predicted octanol–water partition coefficient (Wildman–Crippen LogP) is 4.47. The molecular formula is C41H50N2O8. The molecule has 2 heterocycles. The maximum Gasteiger partial charge on any atom is 0.210 e. The highest BCUT2D eigenvalue weighted by Crippen LogP contribution is 2.34. The van der Waals surface area contributed by atoms with Crippen LogP contribution in [0.2, 0.25) is 0 Å². The van der Waals surface area contributed by atoms with Gasteiger partial charge in [0.2, 0.25) is 6.41 Å². The second-order valence-electron chi connectivity index (χ2n) is 12.9. The minimum atomic E-state index is -0.206.